The number of hydrogen-bond acceptors (Lipinski definition) is 5. The molecule has 1 atom stereocenters. The highest BCUT2D eigenvalue weighted by atomic mass is 16.5. The first-order valence-electron chi connectivity index (χ1n) is 7.58. The molecule has 0 aromatic heterocycles. The zero-order valence-corrected chi connectivity index (χ0v) is 14.4. The fourth-order valence-electron chi connectivity index (χ4n) is 2.52. The van der Waals surface area contributed by atoms with Crippen LogP contribution in [0.15, 0.2) is 29.5 Å². The molecule has 0 bridgehead atoms. The molecule has 0 fully saturated rings. The number of esters is 1. The molecule has 1 heterocycles. The van der Waals surface area contributed by atoms with E-state index < -0.39 is 12.0 Å². The number of ether oxygens (including phenoxy) is 3. The first-order valence-corrected chi connectivity index (χ1v) is 7.58. The number of carbonyl (C=O) groups is 2. The lowest BCUT2D eigenvalue weighted by molar-refractivity contribution is -0.143. The first-order chi connectivity index (χ1) is 11.4. The average molecular weight is 334 g/mol. The SMILES string of the molecule is COc1ccc(C2NC(=O)NC(C)=C2C(=O)OC(C)C)cc1OC. The van der Waals surface area contributed by atoms with Gasteiger partial charge in [-0.3, -0.25) is 0 Å². The molecule has 24 heavy (non-hydrogen) atoms. The monoisotopic (exact) mass is 334 g/mol. The van der Waals surface area contributed by atoms with E-state index >= 15 is 0 Å². The van der Waals surface area contributed by atoms with Crippen LogP contribution in [0, 0.1) is 0 Å². The van der Waals surface area contributed by atoms with Crippen molar-refractivity contribution in [3.05, 3.63) is 35.0 Å². The fourth-order valence-corrected chi connectivity index (χ4v) is 2.52. The van der Waals surface area contributed by atoms with Gasteiger partial charge in [0, 0.05) is 5.70 Å². The number of methoxy groups -OCH3 is 2. The number of urea groups is 1. The van der Waals surface area contributed by atoms with Crippen LogP contribution in [-0.4, -0.2) is 32.3 Å². The summed E-state index contributed by atoms with van der Waals surface area (Å²) in [7, 11) is 3.07. The van der Waals surface area contributed by atoms with Gasteiger partial charge < -0.3 is 24.8 Å². The van der Waals surface area contributed by atoms with Gasteiger partial charge in [0.1, 0.15) is 0 Å². The highest BCUT2D eigenvalue weighted by Crippen LogP contribution is 2.34. The summed E-state index contributed by atoms with van der Waals surface area (Å²) in [6.45, 7) is 5.21. The van der Waals surface area contributed by atoms with Crippen LogP contribution in [0.25, 0.3) is 0 Å². The summed E-state index contributed by atoms with van der Waals surface area (Å²) in [4.78, 5) is 24.3. The number of hydrogen-bond donors (Lipinski definition) is 2. The summed E-state index contributed by atoms with van der Waals surface area (Å²) in [5, 5.41) is 5.36. The molecular weight excluding hydrogens is 312 g/mol. The summed E-state index contributed by atoms with van der Waals surface area (Å²) < 4.78 is 15.8. The minimum Gasteiger partial charge on any atom is -0.493 e. The van der Waals surface area contributed by atoms with Gasteiger partial charge in [-0.05, 0) is 38.5 Å². The van der Waals surface area contributed by atoms with Crippen LogP contribution in [0.2, 0.25) is 0 Å². The van der Waals surface area contributed by atoms with E-state index in [4.69, 9.17) is 14.2 Å². The van der Waals surface area contributed by atoms with Crippen molar-refractivity contribution in [1.82, 2.24) is 10.6 Å². The molecular formula is C17H22N2O5. The number of rotatable bonds is 5. The molecule has 2 N–H and O–H groups in total. The Kier molecular flexibility index (Phi) is 5.33. The van der Waals surface area contributed by atoms with Crippen molar-refractivity contribution in [2.75, 3.05) is 14.2 Å². The van der Waals surface area contributed by atoms with Gasteiger partial charge in [0.2, 0.25) is 0 Å². The normalized spacial score (nSPS) is 17.2. The van der Waals surface area contributed by atoms with Crippen LogP contribution < -0.4 is 20.1 Å². The van der Waals surface area contributed by atoms with Gasteiger partial charge in [0.15, 0.2) is 11.5 Å². The van der Waals surface area contributed by atoms with Crippen molar-refractivity contribution >= 4 is 12.0 Å². The summed E-state index contributed by atoms with van der Waals surface area (Å²) in [5.41, 5.74) is 1.51. The molecule has 0 saturated heterocycles. The quantitative estimate of drug-likeness (QED) is 0.807. The van der Waals surface area contributed by atoms with E-state index in [1.807, 2.05) is 0 Å². The number of carbonyl (C=O) groups excluding carboxylic acids is 2. The number of amides is 2. The van der Waals surface area contributed by atoms with Crippen LogP contribution in [0.3, 0.4) is 0 Å². The van der Waals surface area contributed by atoms with E-state index in [0.717, 1.165) is 0 Å². The van der Waals surface area contributed by atoms with E-state index in [1.54, 1.807) is 46.1 Å². The Labute approximate surface area is 141 Å². The molecule has 7 heteroatoms. The topological polar surface area (TPSA) is 85.9 Å². The minimum absolute atomic E-state index is 0.263. The number of nitrogens with one attached hydrogen (secondary N) is 2. The van der Waals surface area contributed by atoms with Crippen molar-refractivity contribution < 1.29 is 23.8 Å². The maximum Gasteiger partial charge on any atom is 0.338 e. The lowest BCUT2D eigenvalue weighted by Crippen LogP contribution is -2.45. The van der Waals surface area contributed by atoms with Crippen molar-refractivity contribution in [2.24, 2.45) is 0 Å². The Hall–Kier alpha value is -2.70. The molecule has 7 nitrogen and oxygen atoms in total. The highest BCUT2D eigenvalue weighted by molar-refractivity contribution is 5.95. The molecule has 2 amide bonds. The van der Waals surface area contributed by atoms with E-state index in [0.29, 0.717) is 28.3 Å². The molecule has 1 aliphatic heterocycles. The van der Waals surface area contributed by atoms with Crippen molar-refractivity contribution in [3.63, 3.8) is 0 Å². The Balaban J connectivity index is 2.47. The summed E-state index contributed by atoms with van der Waals surface area (Å²) in [6, 6.07) is 4.21. The number of allylic oxidation sites excluding steroid dienone is 1. The average Bonchev–Trinajstić information content (AvgIpc) is 2.52. The maximum atomic E-state index is 12.5. The maximum absolute atomic E-state index is 12.5. The first kappa shape index (κ1) is 17.7. The van der Waals surface area contributed by atoms with Crippen LogP contribution >= 0.6 is 0 Å². The molecule has 0 saturated carbocycles. The lowest BCUT2D eigenvalue weighted by Gasteiger charge is -2.29. The van der Waals surface area contributed by atoms with Crippen LogP contribution in [0.1, 0.15) is 32.4 Å². The predicted octanol–water partition coefficient (Wildman–Crippen LogP) is 2.28. The molecule has 0 aliphatic carbocycles. The summed E-state index contributed by atoms with van der Waals surface area (Å²) in [5.74, 6) is 0.598. The van der Waals surface area contributed by atoms with Crippen molar-refractivity contribution in [3.8, 4) is 11.5 Å². The van der Waals surface area contributed by atoms with Gasteiger partial charge in [-0.15, -0.1) is 0 Å². The van der Waals surface area contributed by atoms with Gasteiger partial charge >= 0.3 is 12.0 Å². The third-order valence-electron chi connectivity index (χ3n) is 3.57. The van der Waals surface area contributed by atoms with Crippen LogP contribution in [0.4, 0.5) is 4.79 Å². The van der Waals surface area contributed by atoms with Gasteiger partial charge in [-0.2, -0.15) is 0 Å². The largest absolute Gasteiger partial charge is 0.493 e. The highest BCUT2D eigenvalue weighted by Gasteiger charge is 2.33. The van der Waals surface area contributed by atoms with Crippen molar-refractivity contribution in [1.29, 1.82) is 0 Å². The van der Waals surface area contributed by atoms with Crippen molar-refractivity contribution in [2.45, 2.75) is 32.9 Å². The van der Waals surface area contributed by atoms with Gasteiger partial charge in [-0.25, -0.2) is 9.59 Å². The summed E-state index contributed by atoms with van der Waals surface area (Å²) >= 11 is 0. The summed E-state index contributed by atoms with van der Waals surface area (Å²) in [6.07, 6.45) is -0.263. The Morgan fingerprint density at radius 1 is 1.17 bits per heavy atom. The Morgan fingerprint density at radius 2 is 1.83 bits per heavy atom. The molecule has 0 radical (unpaired) electrons. The van der Waals surface area contributed by atoms with E-state index in [9.17, 15) is 9.59 Å². The van der Waals surface area contributed by atoms with Crippen LogP contribution in [0.5, 0.6) is 11.5 Å². The third kappa shape index (κ3) is 3.61. The molecule has 2 rings (SSSR count). The zero-order chi connectivity index (χ0) is 17.9. The third-order valence-corrected chi connectivity index (χ3v) is 3.57. The molecule has 1 aromatic rings. The molecule has 130 valence electrons. The van der Waals surface area contributed by atoms with E-state index in [1.165, 1.54) is 7.11 Å². The molecule has 1 unspecified atom stereocenters. The minimum atomic E-state index is -0.634. The second-order valence-corrected chi connectivity index (χ2v) is 5.64. The molecule has 1 aliphatic rings. The van der Waals surface area contributed by atoms with E-state index in [2.05, 4.69) is 10.6 Å². The molecule has 0 spiro atoms. The molecule has 1 aromatic carbocycles. The number of benzene rings is 1. The van der Waals surface area contributed by atoms with E-state index in [-0.39, 0.29) is 12.1 Å². The van der Waals surface area contributed by atoms with Gasteiger partial charge in [0.05, 0.1) is 31.9 Å². The fraction of sp³-hybridized carbons (Fsp3) is 0.412. The van der Waals surface area contributed by atoms with Gasteiger partial charge in [-0.1, -0.05) is 6.07 Å². The Morgan fingerprint density at radius 3 is 2.42 bits per heavy atom. The zero-order valence-electron chi connectivity index (χ0n) is 14.4. The second-order valence-electron chi connectivity index (χ2n) is 5.64. The van der Waals surface area contributed by atoms with Crippen LogP contribution in [-0.2, 0) is 9.53 Å². The second kappa shape index (κ2) is 7.25. The lowest BCUT2D eigenvalue weighted by atomic mass is 9.95. The Bertz CT molecular complexity index is 682. The van der Waals surface area contributed by atoms with Gasteiger partial charge in [0.25, 0.3) is 0 Å². The predicted molar refractivity (Wildman–Crippen MR) is 87.9 cm³/mol. The standard InChI is InChI=1S/C17H22N2O5/c1-9(2)24-16(20)14-10(3)18-17(21)19-15(14)11-6-7-12(22-4)13(8-11)23-5/h6-9,15H,1-5H3,(H2,18,19,21). The smallest absolute Gasteiger partial charge is 0.338 e.